The molecule has 0 spiro atoms. The Bertz CT molecular complexity index is 792. The van der Waals surface area contributed by atoms with Crippen molar-refractivity contribution in [1.29, 1.82) is 0 Å². The molecule has 126 valence electrons. The fraction of sp³-hybridized carbons (Fsp3) is 0.333. The third-order valence-corrected chi connectivity index (χ3v) is 4.11. The first-order valence-corrected chi connectivity index (χ1v) is 8.24. The van der Waals surface area contributed by atoms with Crippen LogP contribution in [0, 0.1) is 5.82 Å². The van der Waals surface area contributed by atoms with E-state index in [1.54, 1.807) is 35.4 Å². The highest BCUT2D eigenvalue weighted by Gasteiger charge is 2.08. The molecule has 0 atom stereocenters. The number of rotatable bonds is 7. The van der Waals surface area contributed by atoms with Gasteiger partial charge < -0.3 is 9.88 Å². The molecule has 3 aromatic rings. The van der Waals surface area contributed by atoms with Gasteiger partial charge in [-0.2, -0.15) is 5.10 Å². The largest absolute Gasteiger partial charge is 0.308 e. The molecule has 0 amide bonds. The van der Waals surface area contributed by atoms with Crippen molar-refractivity contribution < 1.29 is 4.39 Å². The molecule has 24 heavy (non-hydrogen) atoms. The number of nitrogens with one attached hydrogen (secondary N) is 1. The number of aryl methyl sites for hydroxylation is 1. The second kappa shape index (κ2) is 7.40. The van der Waals surface area contributed by atoms with E-state index in [1.807, 2.05) is 16.9 Å². The van der Waals surface area contributed by atoms with Crippen LogP contribution in [0.4, 0.5) is 4.39 Å². The predicted octanol–water partition coefficient (Wildman–Crippen LogP) is 3.08. The Morgan fingerprint density at radius 1 is 1.21 bits per heavy atom. The van der Waals surface area contributed by atoms with Crippen molar-refractivity contribution in [2.24, 2.45) is 0 Å². The number of aromatic nitrogens is 4. The maximum absolute atomic E-state index is 14.2. The summed E-state index contributed by atoms with van der Waals surface area (Å²) in [6.45, 7) is 6.45. The first-order valence-electron chi connectivity index (χ1n) is 8.24. The van der Waals surface area contributed by atoms with E-state index in [2.05, 4.69) is 29.2 Å². The minimum Gasteiger partial charge on any atom is -0.308 e. The van der Waals surface area contributed by atoms with Gasteiger partial charge in [-0.05, 0) is 31.0 Å². The third kappa shape index (κ3) is 3.38. The van der Waals surface area contributed by atoms with Crippen molar-refractivity contribution in [2.75, 3.05) is 0 Å². The molecule has 0 bridgehead atoms. The van der Waals surface area contributed by atoms with Crippen molar-refractivity contribution in [1.82, 2.24) is 24.6 Å². The zero-order valence-electron chi connectivity index (χ0n) is 14.0. The lowest BCUT2D eigenvalue weighted by molar-refractivity contribution is 0.608. The molecule has 0 saturated heterocycles. The topological polar surface area (TPSA) is 47.7 Å². The van der Waals surface area contributed by atoms with Gasteiger partial charge in [0.2, 0.25) is 0 Å². The maximum atomic E-state index is 14.2. The summed E-state index contributed by atoms with van der Waals surface area (Å²) < 4.78 is 17.9. The van der Waals surface area contributed by atoms with E-state index in [1.165, 1.54) is 11.3 Å². The lowest BCUT2D eigenvalue weighted by atomic mass is 10.1. The minimum absolute atomic E-state index is 0.250. The predicted molar refractivity (Wildman–Crippen MR) is 91.3 cm³/mol. The molecule has 0 unspecified atom stereocenters. The van der Waals surface area contributed by atoms with Crippen molar-refractivity contribution in [2.45, 2.75) is 39.9 Å². The minimum atomic E-state index is -0.250. The number of hydrogen-bond acceptors (Lipinski definition) is 3. The number of nitrogens with zero attached hydrogens (tertiary/aromatic N) is 4. The molecule has 0 aliphatic heterocycles. The maximum Gasteiger partial charge on any atom is 0.147 e. The second-order valence-corrected chi connectivity index (χ2v) is 5.65. The van der Waals surface area contributed by atoms with Gasteiger partial charge in [0.25, 0.3) is 0 Å². The van der Waals surface area contributed by atoms with Crippen molar-refractivity contribution in [3.8, 4) is 5.69 Å². The molecule has 3 rings (SSSR count). The summed E-state index contributed by atoms with van der Waals surface area (Å²) in [5, 5.41) is 7.77. The Morgan fingerprint density at radius 2 is 2.08 bits per heavy atom. The van der Waals surface area contributed by atoms with Crippen LogP contribution in [-0.2, 0) is 26.1 Å². The first-order chi connectivity index (χ1) is 11.7. The van der Waals surface area contributed by atoms with Gasteiger partial charge in [-0.3, -0.25) is 4.68 Å². The second-order valence-electron chi connectivity index (χ2n) is 5.65. The van der Waals surface area contributed by atoms with Crippen molar-refractivity contribution in [3.05, 3.63) is 65.8 Å². The highest BCUT2D eigenvalue weighted by atomic mass is 19.1. The summed E-state index contributed by atoms with van der Waals surface area (Å²) in [7, 11) is 0. The number of imidazole rings is 1. The highest BCUT2D eigenvalue weighted by Crippen LogP contribution is 2.15. The zero-order valence-corrected chi connectivity index (χ0v) is 14.0. The lowest BCUT2D eigenvalue weighted by Gasteiger charge is -2.09. The Hall–Kier alpha value is -2.47. The fourth-order valence-electron chi connectivity index (χ4n) is 2.89. The van der Waals surface area contributed by atoms with Gasteiger partial charge in [-0.25, -0.2) is 9.37 Å². The van der Waals surface area contributed by atoms with Crippen LogP contribution in [0.15, 0.2) is 43.1 Å². The molecule has 5 nitrogen and oxygen atoms in total. The number of hydrogen-bond donors (Lipinski definition) is 1. The number of benzene rings is 1. The molecule has 2 heterocycles. The summed E-state index contributed by atoms with van der Waals surface area (Å²) in [5.41, 5.74) is 3.88. The standard InChI is InChI=1S/C18H22FN5/c1-3-17-15(12-22-24(17)4-2)11-21-10-14-5-6-18(16(19)9-14)23-8-7-20-13-23/h5-9,12-13,21H,3-4,10-11H2,1-2H3. The molecule has 2 aromatic heterocycles. The summed E-state index contributed by atoms with van der Waals surface area (Å²) >= 11 is 0. The van der Waals surface area contributed by atoms with E-state index in [4.69, 9.17) is 0 Å². The van der Waals surface area contributed by atoms with Crippen LogP contribution in [0.3, 0.4) is 0 Å². The Labute approximate surface area is 141 Å². The molecule has 0 radical (unpaired) electrons. The lowest BCUT2D eigenvalue weighted by Crippen LogP contribution is -2.14. The van der Waals surface area contributed by atoms with Crippen LogP contribution in [0.2, 0.25) is 0 Å². The summed E-state index contributed by atoms with van der Waals surface area (Å²) in [5.74, 6) is -0.250. The average molecular weight is 327 g/mol. The number of halogens is 1. The Morgan fingerprint density at radius 3 is 2.75 bits per heavy atom. The monoisotopic (exact) mass is 327 g/mol. The van der Waals surface area contributed by atoms with Gasteiger partial charge in [-0.15, -0.1) is 0 Å². The molecular formula is C18H22FN5. The van der Waals surface area contributed by atoms with Crippen molar-refractivity contribution >= 4 is 0 Å². The van der Waals surface area contributed by atoms with Crippen LogP contribution >= 0.6 is 0 Å². The van der Waals surface area contributed by atoms with E-state index in [0.29, 0.717) is 12.2 Å². The molecule has 0 aliphatic carbocycles. The normalized spacial score (nSPS) is 11.1. The zero-order chi connectivity index (χ0) is 16.9. The van der Waals surface area contributed by atoms with Crippen LogP contribution in [0.1, 0.15) is 30.7 Å². The summed E-state index contributed by atoms with van der Waals surface area (Å²) in [4.78, 5) is 3.95. The van der Waals surface area contributed by atoms with Gasteiger partial charge in [0.05, 0.1) is 18.2 Å². The van der Waals surface area contributed by atoms with Crippen LogP contribution in [-0.4, -0.2) is 19.3 Å². The third-order valence-electron chi connectivity index (χ3n) is 4.11. The Balaban J connectivity index is 1.63. The molecule has 0 fully saturated rings. The van der Waals surface area contributed by atoms with Gasteiger partial charge >= 0.3 is 0 Å². The van der Waals surface area contributed by atoms with Gasteiger partial charge in [0.15, 0.2) is 0 Å². The molecule has 1 N–H and O–H groups in total. The fourth-order valence-corrected chi connectivity index (χ4v) is 2.89. The van der Waals surface area contributed by atoms with Crippen LogP contribution < -0.4 is 5.32 Å². The molecule has 1 aromatic carbocycles. The highest BCUT2D eigenvalue weighted by molar-refractivity contribution is 5.36. The average Bonchev–Trinajstić information content (AvgIpc) is 3.24. The molecule has 0 saturated carbocycles. The summed E-state index contributed by atoms with van der Waals surface area (Å²) in [6, 6.07) is 5.28. The van der Waals surface area contributed by atoms with E-state index in [9.17, 15) is 4.39 Å². The molecule has 0 aliphatic rings. The van der Waals surface area contributed by atoms with Gasteiger partial charge in [0, 0.05) is 43.3 Å². The van der Waals surface area contributed by atoms with E-state index >= 15 is 0 Å². The SMILES string of the molecule is CCc1c(CNCc2ccc(-n3ccnc3)c(F)c2)cnn1CC. The quantitative estimate of drug-likeness (QED) is 0.725. The van der Waals surface area contributed by atoms with E-state index in [-0.39, 0.29) is 5.82 Å². The van der Waals surface area contributed by atoms with Gasteiger partial charge in [-0.1, -0.05) is 13.0 Å². The van der Waals surface area contributed by atoms with E-state index < -0.39 is 0 Å². The molecule has 6 heteroatoms. The van der Waals surface area contributed by atoms with Crippen LogP contribution in [0.25, 0.3) is 5.69 Å². The van der Waals surface area contributed by atoms with Crippen molar-refractivity contribution in [3.63, 3.8) is 0 Å². The van der Waals surface area contributed by atoms with Gasteiger partial charge in [0.1, 0.15) is 5.82 Å². The Kier molecular flexibility index (Phi) is 5.05. The molecular weight excluding hydrogens is 305 g/mol. The summed E-state index contributed by atoms with van der Waals surface area (Å²) in [6.07, 6.45) is 7.83. The first kappa shape index (κ1) is 16.4. The van der Waals surface area contributed by atoms with Crippen LogP contribution in [0.5, 0.6) is 0 Å². The van der Waals surface area contributed by atoms with E-state index in [0.717, 1.165) is 25.1 Å². The smallest absolute Gasteiger partial charge is 0.147 e.